The summed E-state index contributed by atoms with van der Waals surface area (Å²) in [5.74, 6) is 1.42. The molecule has 0 fully saturated rings. The molecule has 0 unspecified atom stereocenters. The Morgan fingerprint density at radius 1 is 1.14 bits per heavy atom. The highest BCUT2D eigenvalue weighted by molar-refractivity contribution is 7.92. The summed E-state index contributed by atoms with van der Waals surface area (Å²) in [5, 5.41) is 2.83. The molecule has 2 aromatic rings. The molecule has 3 rings (SSSR count). The highest BCUT2D eigenvalue weighted by atomic mass is 32.2. The number of sulfonamides is 1. The Balaban J connectivity index is 1.65. The third kappa shape index (κ3) is 5.11. The zero-order valence-corrected chi connectivity index (χ0v) is 17.4. The van der Waals surface area contributed by atoms with Crippen molar-refractivity contribution in [2.75, 3.05) is 36.1 Å². The summed E-state index contributed by atoms with van der Waals surface area (Å²) in [4.78, 5) is 12.6. The van der Waals surface area contributed by atoms with E-state index in [0.29, 0.717) is 48.3 Å². The lowest BCUT2D eigenvalue weighted by Gasteiger charge is -2.21. The van der Waals surface area contributed by atoms with Crippen LogP contribution in [0.25, 0.3) is 0 Å². The number of rotatable bonds is 7. The molecule has 1 N–H and O–H groups in total. The normalized spacial score (nSPS) is 14.0. The quantitative estimate of drug-likeness (QED) is 0.740. The Hall–Kier alpha value is -2.94. The van der Waals surface area contributed by atoms with Gasteiger partial charge in [-0.05, 0) is 42.8 Å². The highest BCUT2D eigenvalue weighted by Crippen LogP contribution is 2.32. The predicted molar refractivity (Wildman–Crippen MR) is 110 cm³/mol. The first-order valence-corrected chi connectivity index (χ1v) is 11.0. The molecule has 1 atom stereocenters. The van der Waals surface area contributed by atoms with Crippen LogP contribution >= 0.6 is 0 Å². The molecule has 156 valence electrons. The summed E-state index contributed by atoms with van der Waals surface area (Å²) in [7, 11) is -1.87. The van der Waals surface area contributed by atoms with Crippen LogP contribution in [0.4, 0.5) is 11.4 Å². The molecular weight excluding hydrogens is 396 g/mol. The van der Waals surface area contributed by atoms with Gasteiger partial charge in [-0.25, -0.2) is 8.42 Å². The number of fused-ring (bicyclic) bond motifs is 1. The van der Waals surface area contributed by atoms with Gasteiger partial charge >= 0.3 is 0 Å². The Bertz CT molecular complexity index is 975. The summed E-state index contributed by atoms with van der Waals surface area (Å²) >= 11 is 0. The lowest BCUT2D eigenvalue weighted by atomic mass is 10.2. The number of hydrogen-bond acceptors (Lipinski definition) is 6. The third-order valence-corrected chi connectivity index (χ3v) is 5.65. The largest absolute Gasteiger partial charge is 0.486 e. The van der Waals surface area contributed by atoms with Crippen molar-refractivity contribution in [1.82, 2.24) is 0 Å². The number of anilines is 2. The molecular formula is C20H24N2O6S. The molecule has 0 saturated heterocycles. The fourth-order valence-electron chi connectivity index (χ4n) is 2.76. The van der Waals surface area contributed by atoms with E-state index in [0.717, 1.165) is 6.26 Å². The fraction of sp³-hybridized carbons (Fsp3) is 0.350. The Labute approximate surface area is 170 Å². The van der Waals surface area contributed by atoms with Crippen LogP contribution < -0.4 is 23.8 Å². The van der Waals surface area contributed by atoms with E-state index < -0.39 is 16.1 Å². The number of amides is 1. The van der Waals surface area contributed by atoms with Crippen LogP contribution in [0.5, 0.6) is 17.2 Å². The molecule has 0 saturated carbocycles. The summed E-state index contributed by atoms with van der Waals surface area (Å²) < 4.78 is 41.2. The number of hydrogen-bond donors (Lipinski definition) is 1. The van der Waals surface area contributed by atoms with Crippen LogP contribution in [0.2, 0.25) is 0 Å². The lowest BCUT2D eigenvalue weighted by Crippen LogP contribution is -2.32. The zero-order chi connectivity index (χ0) is 21.0. The third-order valence-electron chi connectivity index (χ3n) is 4.45. The van der Waals surface area contributed by atoms with E-state index in [1.54, 1.807) is 42.5 Å². The van der Waals surface area contributed by atoms with E-state index in [1.807, 2.05) is 6.92 Å². The van der Waals surface area contributed by atoms with Gasteiger partial charge in [-0.2, -0.15) is 0 Å². The molecule has 1 aliphatic heterocycles. The van der Waals surface area contributed by atoms with E-state index in [1.165, 1.54) is 11.4 Å². The fourth-order valence-corrected chi connectivity index (χ4v) is 3.26. The molecule has 1 amide bonds. The van der Waals surface area contributed by atoms with Gasteiger partial charge in [-0.3, -0.25) is 9.10 Å². The predicted octanol–water partition coefficient (Wildman–Crippen LogP) is 2.65. The first kappa shape index (κ1) is 20.8. The molecule has 2 aromatic carbocycles. The van der Waals surface area contributed by atoms with E-state index in [4.69, 9.17) is 14.2 Å². The minimum atomic E-state index is -3.34. The number of ether oxygens (including phenoxy) is 3. The second kappa shape index (κ2) is 8.60. The van der Waals surface area contributed by atoms with Gasteiger partial charge in [0.05, 0.1) is 11.9 Å². The van der Waals surface area contributed by atoms with Gasteiger partial charge in [0.1, 0.15) is 19.0 Å². The average molecular weight is 420 g/mol. The molecule has 0 spiro atoms. The summed E-state index contributed by atoms with van der Waals surface area (Å²) in [6.07, 6.45) is 0.885. The van der Waals surface area contributed by atoms with Gasteiger partial charge < -0.3 is 19.5 Å². The first-order chi connectivity index (χ1) is 13.8. The smallest absolute Gasteiger partial charge is 0.265 e. The highest BCUT2D eigenvalue weighted by Gasteiger charge is 2.20. The van der Waals surface area contributed by atoms with Crippen LogP contribution in [-0.2, 0) is 14.8 Å². The van der Waals surface area contributed by atoms with Crippen molar-refractivity contribution in [3.8, 4) is 17.2 Å². The molecule has 1 aliphatic rings. The maximum absolute atomic E-state index is 12.6. The summed E-state index contributed by atoms with van der Waals surface area (Å²) in [6.45, 7) is 2.82. The van der Waals surface area contributed by atoms with Crippen LogP contribution in [-0.4, -0.2) is 46.9 Å². The second-order valence-corrected chi connectivity index (χ2v) is 8.60. The van der Waals surface area contributed by atoms with Crippen LogP contribution in [0, 0.1) is 0 Å². The molecule has 1 heterocycles. The Morgan fingerprint density at radius 2 is 1.79 bits per heavy atom. The van der Waals surface area contributed by atoms with Gasteiger partial charge in [0.15, 0.2) is 17.6 Å². The van der Waals surface area contributed by atoms with E-state index in [-0.39, 0.29) is 5.91 Å². The van der Waals surface area contributed by atoms with Crippen LogP contribution in [0.1, 0.15) is 13.3 Å². The van der Waals surface area contributed by atoms with Gasteiger partial charge in [0.25, 0.3) is 5.91 Å². The van der Waals surface area contributed by atoms with Crippen molar-refractivity contribution in [3.63, 3.8) is 0 Å². The minimum Gasteiger partial charge on any atom is -0.486 e. The van der Waals surface area contributed by atoms with Crippen molar-refractivity contribution in [3.05, 3.63) is 42.5 Å². The van der Waals surface area contributed by atoms with Crippen LogP contribution in [0.3, 0.4) is 0 Å². The molecule has 29 heavy (non-hydrogen) atoms. The SMILES string of the molecule is CC[C@H](Oc1ccc(N(C)S(C)(=O)=O)cc1)C(=O)Nc1ccc2c(c1)OCCO2. The molecule has 0 aromatic heterocycles. The maximum atomic E-state index is 12.6. The number of carbonyl (C=O) groups excluding carboxylic acids is 1. The number of nitrogens with zero attached hydrogens (tertiary/aromatic N) is 1. The first-order valence-electron chi connectivity index (χ1n) is 9.19. The average Bonchev–Trinajstić information content (AvgIpc) is 2.71. The van der Waals surface area contributed by atoms with E-state index >= 15 is 0 Å². The lowest BCUT2D eigenvalue weighted by molar-refractivity contribution is -0.122. The molecule has 9 heteroatoms. The summed E-state index contributed by atoms with van der Waals surface area (Å²) in [6, 6.07) is 11.7. The van der Waals surface area contributed by atoms with Gasteiger partial charge in [0, 0.05) is 18.8 Å². The zero-order valence-electron chi connectivity index (χ0n) is 16.5. The number of nitrogens with one attached hydrogen (secondary N) is 1. The van der Waals surface area contributed by atoms with Gasteiger partial charge in [-0.15, -0.1) is 0 Å². The Kier molecular flexibility index (Phi) is 6.17. The molecule has 0 aliphatic carbocycles. The number of benzene rings is 2. The van der Waals surface area contributed by atoms with E-state index in [2.05, 4.69) is 5.32 Å². The monoisotopic (exact) mass is 420 g/mol. The maximum Gasteiger partial charge on any atom is 0.265 e. The molecule has 0 bridgehead atoms. The van der Waals surface area contributed by atoms with Crippen molar-refractivity contribution < 1.29 is 27.4 Å². The summed E-state index contributed by atoms with van der Waals surface area (Å²) in [5.41, 5.74) is 1.10. The molecule has 0 radical (unpaired) electrons. The Morgan fingerprint density at radius 3 is 2.41 bits per heavy atom. The number of carbonyl (C=O) groups is 1. The van der Waals surface area contributed by atoms with E-state index in [9.17, 15) is 13.2 Å². The topological polar surface area (TPSA) is 94.2 Å². The second-order valence-electron chi connectivity index (χ2n) is 6.59. The van der Waals surface area contributed by atoms with Gasteiger partial charge in [0.2, 0.25) is 10.0 Å². The van der Waals surface area contributed by atoms with Crippen molar-refractivity contribution >= 4 is 27.3 Å². The molecule has 8 nitrogen and oxygen atoms in total. The van der Waals surface area contributed by atoms with Crippen molar-refractivity contribution in [2.24, 2.45) is 0 Å². The van der Waals surface area contributed by atoms with Crippen LogP contribution in [0.15, 0.2) is 42.5 Å². The van der Waals surface area contributed by atoms with Crippen molar-refractivity contribution in [1.29, 1.82) is 0 Å². The minimum absolute atomic E-state index is 0.290. The van der Waals surface area contributed by atoms with Crippen molar-refractivity contribution in [2.45, 2.75) is 19.4 Å². The van der Waals surface area contributed by atoms with Gasteiger partial charge in [-0.1, -0.05) is 6.92 Å². The standard InChI is InChI=1S/C20H24N2O6S/c1-4-17(28-16-8-6-15(7-9-16)22(2)29(3,24)25)20(23)21-14-5-10-18-19(13-14)27-12-11-26-18/h5-10,13,17H,4,11-12H2,1-3H3,(H,21,23)/t17-/m0/s1.